The topological polar surface area (TPSA) is 56.7 Å². The summed E-state index contributed by atoms with van der Waals surface area (Å²) in [7, 11) is 1.81. The van der Waals surface area contributed by atoms with Crippen molar-refractivity contribution in [3.8, 4) is 0 Å². The van der Waals surface area contributed by atoms with E-state index < -0.39 is 0 Å². The van der Waals surface area contributed by atoms with Crippen LogP contribution in [0.2, 0.25) is 0 Å². The van der Waals surface area contributed by atoms with E-state index in [1.807, 2.05) is 38.2 Å². The number of nitrogens with one attached hydrogen (secondary N) is 2. The monoisotopic (exact) mass is 508 g/mol. The van der Waals surface area contributed by atoms with E-state index in [1.165, 1.54) is 0 Å². The summed E-state index contributed by atoms with van der Waals surface area (Å²) < 4.78 is 1.01. The van der Waals surface area contributed by atoms with Crippen LogP contribution in [0.25, 0.3) is 0 Å². The molecule has 0 saturated heterocycles. The third kappa shape index (κ3) is 8.68. The fraction of sp³-hybridized carbons (Fsp3) is 0.412. The molecular formula is C17H26BrIN4O. The number of hydrogen-bond donors (Lipinski definition) is 2. The van der Waals surface area contributed by atoms with Gasteiger partial charge in [0.05, 0.1) is 6.54 Å². The summed E-state index contributed by atoms with van der Waals surface area (Å²) in [6, 6.07) is 7.92. The zero-order valence-corrected chi connectivity index (χ0v) is 18.1. The van der Waals surface area contributed by atoms with Crippen molar-refractivity contribution in [1.29, 1.82) is 0 Å². The third-order valence-corrected chi connectivity index (χ3v) is 3.92. The molecule has 0 aromatic heterocycles. The molecule has 1 amide bonds. The van der Waals surface area contributed by atoms with Gasteiger partial charge in [0, 0.05) is 37.6 Å². The number of hydrogen-bond acceptors (Lipinski definition) is 2. The van der Waals surface area contributed by atoms with Crippen molar-refractivity contribution in [3.63, 3.8) is 0 Å². The highest BCUT2D eigenvalue weighted by atomic mass is 127. The quantitative estimate of drug-likeness (QED) is 0.245. The minimum Gasteiger partial charge on any atom is -0.357 e. The van der Waals surface area contributed by atoms with Gasteiger partial charge in [-0.1, -0.05) is 40.2 Å². The first-order valence-corrected chi connectivity index (χ1v) is 8.48. The summed E-state index contributed by atoms with van der Waals surface area (Å²) in [5.41, 5.74) is 1.09. The number of nitrogens with zero attached hydrogens (tertiary/aromatic N) is 2. The molecule has 2 N–H and O–H groups in total. The van der Waals surface area contributed by atoms with Crippen molar-refractivity contribution < 1.29 is 4.79 Å². The van der Waals surface area contributed by atoms with Gasteiger partial charge < -0.3 is 15.5 Å². The molecule has 24 heavy (non-hydrogen) atoms. The molecule has 0 heterocycles. The van der Waals surface area contributed by atoms with Crippen LogP contribution in [0.5, 0.6) is 0 Å². The number of halogens is 2. The van der Waals surface area contributed by atoms with Crippen LogP contribution < -0.4 is 10.6 Å². The van der Waals surface area contributed by atoms with Crippen molar-refractivity contribution in [3.05, 3.63) is 47.0 Å². The number of rotatable bonds is 8. The van der Waals surface area contributed by atoms with Gasteiger partial charge >= 0.3 is 0 Å². The van der Waals surface area contributed by atoms with E-state index in [0.717, 1.165) is 16.6 Å². The van der Waals surface area contributed by atoms with Crippen LogP contribution in [0.3, 0.4) is 0 Å². The summed E-state index contributed by atoms with van der Waals surface area (Å²) in [6.07, 6.45) is 2.15. The Hall–Kier alpha value is -1.09. The SMILES string of the molecule is C=CCNC(=NCCC(=O)N(C)Cc1ccccc1Br)NCC.I. The Morgan fingerprint density at radius 3 is 2.71 bits per heavy atom. The van der Waals surface area contributed by atoms with Gasteiger partial charge in [-0.2, -0.15) is 0 Å². The van der Waals surface area contributed by atoms with Gasteiger partial charge in [0.25, 0.3) is 0 Å². The maximum Gasteiger partial charge on any atom is 0.224 e. The van der Waals surface area contributed by atoms with Crippen molar-refractivity contribution in [1.82, 2.24) is 15.5 Å². The third-order valence-electron chi connectivity index (χ3n) is 3.14. The molecule has 0 aliphatic rings. The van der Waals surface area contributed by atoms with Gasteiger partial charge in [-0.3, -0.25) is 9.79 Å². The average Bonchev–Trinajstić information content (AvgIpc) is 2.54. The Bertz CT molecular complexity index is 551. The van der Waals surface area contributed by atoms with Gasteiger partial charge in [0.1, 0.15) is 0 Å². The van der Waals surface area contributed by atoms with E-state index in [0.29, 0.717) is 32.0 Å². The molecule has 0 atom stereocenters. The van der Waals surface area contributed by atoms with Crippen LogP contribution in [0.4, 0.5) is 0 Å². The number of guanidine groups is 1. The predicted octanol–water partition coefficient (Wildman–Crippen LogP) is 3.16. The standard InChI is InChI=1S/C17H25BrN4O.HI/c1-4-11-20-17(19-5-2)21-12-10-16(23)22(3)13-14-8-6-7-9-15(14)18;/h4,6-9H,1,5,10-13H2,2-3H3,(H2,19,20,21);1H. The molecule has 0 radical (unpaired) electrons. The number of carbonyl (C=O) groups is 1. The summed E-state index contributed by atoms with van der Waals surface area (Å²) >= 11 is 3.50. The molecule has 0 aliphatic carbocycles. The second-order valence-corrected chi connectivity index (χ2v) is 5.88. The second kappa shape index (κ2) is 13.2. The zero-order valence-electron chi connectivity index (χ0n) is 14.2. The maximum atomic E-state index is 12.2. The molecule has 1 rings (SSSR count). The average molecular weight is 509 g/mol. The van der Waals surface area contributed by atoms with E-state index in [9.17, 15) is 4.79 Å². The Labute approximate surface area is 170 Å². The molecular weight excluding hydrogens is 483 g/mol. The van der Waals surface area contributed by atoms with E-state index in [4.69, 9.17) is 0 Å². The summed E-state index contributed by atoms with van der Waals surface area (Å²) in [5.74, 6) is 0.776. The number of aliphatic imine (C=N–C) groups is 1. The van der Waals surface area contributed by atoms with Crippen LogP contribution in [-0.4, -0.2) is 43.4 Å². The van der Waals surface area contributed by atoms with Gasteiger partial charge in [-0.15, -0.1) is 30.6 Å². The molecule has 0 aliphatic heterocycles. The lowest BCUT2D eigenvalue weighted by atomic mass is 10.2. The lowest BCUT2D eigenvalue weighted by Crippen LogP contribution is -2.37. The molecule has 0 spiro atoms. The molecule has 0 fully saturated rings. The Kier molecular flexibility index (Phi) is 12.6. The number of benzene rings is 1. The van der Waals surface area contributed by atoms with Crippen LogP contribution in [0.15, 0.2) is 46.4 Å². The first-order chi connectivity index (χ1) is 11.1. The van der Waals surface area contributed by atoms with Crippen molar-refractivity contribution >= 4 is 51.8 Å². The van der Waals surface area contributed by atoms with E-state index >= 15 is 0 Å². The van der Waals surface area contributed by atoms with Crippen LogP contribution in [0.1, 0.15) is 18.9 Å². The fourth-order valence-electron chi connectivity index (χ4n) is 1.94. The Morgan fingerprint density at radius 1 is 1.38 bits per heavy atom. The first-order valence-electron chi connectivity index (χ1n) is 7.69. The Balaban J connectivity index is 0.00000529. The maximum absolute atomic E-state index is 12.2. The van der Waals surface area contributed by atoms with Gasteiger partial charge in [0.15, 0.2) is 5.96 Å². The smallest absolute Gasteiger partial charge is 0.224 e. The van der Waals surface area contributed by atoms with Crippen molar-refractivity contribution in [2.45, 2.75) is 19.9 Å². The lowest BCUT2D eigenvalue weighted by Gasteiger charge is -2.18. The Morgan fingerprint density at radius 2 is 2.08 bits per heavy atom. The van der Waals surface area contributed by atoms with Gasteiger partial charge in [-0.05, 0) is 18.6 Å². The van der Waals surface area contributed by atoms with Crippen LogP contribution in [0, 0.1) is 0 Å². The summed E-state index contributed by atoms with van der Waals surface area (Å²) in [4.78, 5) is 18.3. The predicted molar refractivity (Wildman–Crippen MR) is 115 cm³/mol. The molecule has 0 unspecified atom stereocenters. The van der Waals surface area contributed by atoms with E-state index in [1.54, 1.807) is 11.0 Å². The highest BCUT2D eigenvalue weighted by Crippen LogP contribution is 2.17. The minimum atomic E-state index is 0. The molecule has 134 valence electrons. The highest BCUT2D eigenvalue weighted by molar-refractivity contribution is 14.0. The van der Waals surface area contributed by atoms with E-state index in [-0.39, 0.29) is 29.9 Å². The van der Waals surface area contributed by atoms with Crippen molar-refractivity contribution in [2.24, 2.45) is 4.99 Å². The molecule has 0 bridgehead atoms. The zero-order chi connectivity index (χ0) is 17.1. The van der Waals surface area contributed by atoms with E-state index in [2.05, 4.69) is 38.1 Å². The molecule has 1 aromatic carbocycles. The largest absolute Gasteiger partial charge is 0.357 e. The minimum absolute atomic E-state index is 0. The normalized spacial score (nSPS) is 10.5. The lowest BCUT2D eigenvalue weighted by molar-refractivity contribution is -0.130. The second-order valence-electron chi connectivity index (χ2n) is 5.02. The first kappa shape index (κ1) is 22.9. The van der Waals surface area contributed by atoms with Crippen LogP contribution in [-0.2, 0) is 11.3 Å². The van der Waals surface area contributed by atoms with Gasteiger partial charge in [-0.25, -0.2) is 0 Å². The number of carbonyl (C=O) groups excluding carboxylic acids is 1. The fourth-order valence-corrected chi connectivity index (χ4v) is 2.35. The summed E-state index contributed by atoms with van der Waals surface area (Å²) in [6.45, 7) is 8.11. The molecule has 5 nitrogen and oxygen atoms in total. The van der Waals surface area contributed by atoms with Crippen molar-refractivity contribution in [2.75, 3.05) is 26.7 Å². The number of amides is 1. The highest BCUT2D eigenvalue weighted by Gasteiger charge is 2.10. The molecule has 1 aromatic rings. The molecule has 7 heteroatoms. The van der Waals surface area contributed by atoms with Gasteiger partial charge in [0.2, 0.25) is 5.91 Å². The molecule has 0 saturated carbocycles. The van der Waals surface area contributed by atoms with Crippen LogP contribution >= 0.6 is 39.9 Å². The summed E-state index contributed by atoms with van der Waals surface area (Å²) in [5, 5.41) is 6.24.